The van der Waals surface area contributed by atoms with Crippen LogP contribution in [-0.2, 0) is 87.3 Å². The van der Waals surface area contributed by atoms with E-state index < -0.39 is 0 Å². The van der Waals surface area contributed by atoms with Crippen LogP contribution in [0, 0.1) is 80.7 Å². The van der Waals surface area contributed by atoms with Crippen molar-refractivity contribution in [2.45, 2.75) is 253 Å². The van der Waals surface area contributed by atoms with E-state index in [4.69, 9.17) is 14.2 Å². The molecule has 0 spiro atoms. The van der Waals surface area contributed by atoms with E-state index in [1.165, 1.54) is 84.1 Å². The van der Waals surface area contributed by atoms with Gasteiger partial charge in [-0.15, -0.1) is 0 Å². The van der Waals surface area contributed by atoms with Crippen LogP contribution in [0.25, 0.3) is 0 Å². The molecule has 0 bridgehead atoms. The molecule has 436 valence electrons. The third-order valence-corrected chi connectivity index (χ3v) is 12.5. The summed E-state index contributed by atoms with van der Waals surface area (Å²) in [5.74, 6) is 0. The first kappa shape index (κ1) is 89.4. The van der Waals surface area contributed by atoms with Crippen molar-refractivity contribution in [2.24, 2.45) is 0 Å². The van der Waals surface area contributed by atoms with Gasteiger partial charge in [-0.05, 0) is 195 Å². The fourth-order valence-corrected chi connectivity index (χ4v) is 8.01. The quantitative estimate of drug-likeness (QED) is 0.124. The maximum absolute atomic E-state index is 4.94. The average Bonchev–Trinajstić information content (AvgIpc) is 4.11. The number of hydrogen-bond acceptors (Lipinski definition) is 3. The van der Waals surface area contributed by atoms with Gasteiger partial charge >= 0.3 is 40.2 Å². The predicted octanol–water partition coefficient (Wildman–Crippen LogP) is 11.1. The molecule has 2 radical (unpaired) electrons. The minimum Gasteiger partial charge on any atom is -2.00 e. The summed E-state index contributed by atoms with van der Waals surface area (Å²) >= 11 is 0. The van der Waals surface area contributed by atoms with Crippen LogP contribution >= 0.6 is 0 Å². The van der Waals surface area contributed by atoms with E-state index in [0.29, 0.717) is 48.3 Å². The van der Waals surface area contributed by atoms with Gasteiger partial charge in [0.05, 0.1) is 48.3 Å². The van der Waals surface area contributed by atoms with Gasteiger partial charge in [-0.25, -0.2) is 0 Å². The Balaban J connectivity index is -0.000000118. The van der Waals surface area contributed by atoms with Crippen molar-refractivity contribution in [3.63, 3.8) is 0 Å². The van der Waals surface area contributed by atoms with Gasteiger partial charge in [0.2, 0.25) is 25.3 Å². The van der Waals surface area contributed by atoms with Gasteiger partial charge in [0.1, 0.15) is 0 Å². The molecule has 7 heterocycles. The van der Waals surface area contributed by atoms with Crippen molar-refractivity contribution < 1.29 is 106 Å². The van der Waals surface area contributed by atoms with E-state index >= 15 is 0 Å². The average molecular weight is 1230 g/mol. The summed E-state index contributed by atoms with van der Waals surface area (Å²) in [5, 5.41) is 0. The van der Waals surface area contributed by atoms with Gasteiger partial charge in [0.25, 0.3) is 0 Å². The number of hydrogen-bond donors (Lipinski definition) is 0. The van der Waals surface area contributed by atoms with E-state index in [2.05, 4.69) is 228 Å². The number of ether oxygens (including phenoxy) is 3. The van der Waals surface area contributed by atoms with Gasteiger partial charge in [-0.2, -0.15) is 0 Å². The fourth-order valence-electron chi connectivity index (χ4n) is 8.01. The zero-order chi connectivity index (χ0) is 51.3. The summed E-state index contributed by atoms with van der Waals surface area (Å²) in [5.41, 5.74) is 10.6. The first-order valence-electron chi connectivity index (χ1n) is 26.1. The molecule has 19 heteroatoms. The van der Waals surface area contributed by atoms with Crippen LogP contribution in [0.15, 0.2) is 0 Å². The smallest absolute Gasteiger partial charge is 2.00 e. The SMILES string of the molecule is C1CCOC1.C1CCOC1.C1CCOC1.Cc1c(C)[n+](C(C)C)[c-]n1C(C)C.Cc1c(C)[n+](C(C)C)[c-]n1C(C)C.Cc1c(C)[n+](C(C)C)[c-]n1C(C)C.Cc1c(C)[n+](C(C)C)[c-]n1C(C)C.[O-2].[O-2].[O-2].[O-2].[O-2].[O-2].[Tc+6].[Tc+6]. The van der Waals surface area contributed by atoms with Gasteiger partial charge in [-0.1, -0.05) is 55.4 Å². The van der Waals surface area contributed by atoms with Crippen molar-refractivity contribution in [2.75, 3.05) is 39.6 Å². The van der Waals surface area contributed by atoms with Crippen molar-refractivity contribution >= 4 is 0 Å². The van der Waals surface area contributed by atoms with Crippen LogP contribution in [-0.4, -0.2) is 57.9 Å². The van der Waals surface area contributed by atoms with Crippen molar-refractivity contribution in [3.05, 3.63) is 70.9 Å². The molecular weight excluding hydrogens is 1120 g/mol. The van der Waals surface area contributed by atoms with E-state index in [0.717, 1.165) is 39.6 Å². The minimum absolute atomic E-state index is 0. The molecule has 7 rings (SSSR count). The van der Waals surface area contributed by atoms with Crippen LogP contribution in [0.1, 0.15) is 243 Å². The standard InChI is InChI=1S/4C11H20N2.3C4H8O.6O.2Tc/c4*1-8(2)12-7-13(9(3)4)11(6)10(12)5;3*1-2-4-5-3-1;;;;;;;;/h4*8-9H,1-6H3;3*1-4H2;;;;;;;;/q;;;;;;;6*-2;2*+6. The molecule has 3 saturated heterocycles. The number of imidazole rings is 4. The van der Waals surface area contributed by atoms with Crippen molar-refractivity contribution in [1.82, 2.24) is 18.3 Å². The van der Waals surface area contributed by atoms with Crippen molar-refractivity contribution in [3.8, 4) is 0 Å². The second-order valence-corrected chi connectivity index (χ2v) is 20.8. The Bertz CT molecular complexity index is 1570. The first-order chi connectivity index (χ1) is 31.3. The largest absolute Gasteiger partial charge is 6.00 e. The first-order valence-corrected chi connectivity index (χ1v) is 26.1. The topological polar surface area (TPSA) is 234 Å². The summed E-state index contributed by atoms with van der Waals surface area (Å²) < 4.78 is 32.5. The molecule has 0 amide bonds. The van der Waals surface area contributed by atoms with Crippen LogP contribution in [0.5, 0.6) is 0 Å². The summed E-state index contributed by atoms with van der Waals surface area (Å²) in [4.78, 5) is 0. The number of nitrogens with zero attached hydrogens (tertiary/aromatic N) is 8. The summed E-state index contributed by atoms with van der Waals surface area (Å²) in [7, 11) is 0. The summed E-state index contributed by atoms with van der Waals surface area (Å²) in [6.45, 7) is 58.3. The second kappa shape index (κ2) is 45.6. The Kier molecular flexibility index (Phi) is 54.4. The molecule has 75 heavy (non-hydrogen) atoms. The van der Waals surface area contributed by atoms with Crippen LogP contribution in [0.4, 0.5) is 0 Å². The maximum Gasteiger partial charge on any atom is 6.00 e. The summed E-state index contributed by atoms with van der Waals surface area (Å²) in [6, 6.07) is 3.99. The molecule has 3 fully saturated rings. The minimum atomic E-state index is 0. The molecular formula is C56H104N8O9Tc2. The molecule has 0 saturated carbocycles. The molecule has 0 N–H and O–H groups in total. The Morgan fingerprint density at radius 1 is 0.293 bits per heavy atom. The Hall–Kier alpha value is -2.22. The Labute approximate surface area is 484 Å². The zero-order valence-electron chi connectivity index (χ0n) is 51.1. The summed E-state index contributed by atoms with van der Waals surface area (Å²) in [6.07, 6.45) is 21.2. The van der Waals surface area contributed by atoms with Crippen LogP contribution in [0.3, 0.4) is 0 Å². The maximum atomic E-state index is 4.94. The van der Waals surface area contributed by atoms with Gasteiger partial charge in [-0.3, -0.25) is 0 Å². The van der Waals surface area contributed by atoms with Crippen molar-refractivity contribution in [1.29, 1.82) is 0 Å². The molecule has 0 aromatic carbocycles. The molecule has 3 aliphatic rings. The normalized spacial score (nSPS) is 12.9. The molecule has 3 aliphatic heterocycles. The third-order valence-electron chi connectivity index (χ3n) is 12.5. The van der Waals surface area contributed by atoms with Gasteiger partial charge < -0.3 is 83.6 Å². The van der Waals surface area contributed by atoms with E-state index in [1.807, 2.05) is 0 Å². The Morgan fingerprint density at radius 2 is 0.427 bits per heavy atom. The van der Waals surface area contributed by atoms with E-state index in [-0.39, 0.29) is 73.1 Å². The van der Waals surface area contributed by atoms with E-state index in [9.17, 15) is 0 Å². The third kappa shape index (κ3) is 29.5. The van der Waals surface area contributed by atoms with E-state index in [1.54, 1.807) is 0 Å². The molecule has 0 aliphatic carbocycles. The van der Waals surface area contributed by atoms with Crippen LogP contribution in [0.2, 0.25) is 0 Å². The predicted molar refractivity (Wildman–Crippen MR) is 279 cm³/mol. The zero-order valence-corrected chi connectivity index (χ0v) is 54.8. The Morgan fingerprint density at radius 3 is 0.480 bits per heavy atom. The molecule has 4 aromatic rings. The van der Waals surface area contributed by atoms with Gasteiger partial charge in [0, 0.05) is 39.6 Å². The monoisotopic (exact) mass is 1230 g/mol. The van der Waals surface area contributed by atoms with Gasteiger partial charge in [0.15, 0.2) is 0 Å². The molecule has 17 nitrogen and oxygen atoms in total. The fraction of sp³-hybridized carbons (Fsp3) is 0.786. The second-order valence-electron chi connectivity index (χ2n) is 20.8. The number of rotatable bonds is 8. The van der Waals surface area contributed by atoms with Crippen LogP contribution < -0.4 is 18.3 Å². The number of aromatic nitrogens is 8. The molecule has 4 aromatic heterocycles. The molecule has 0 atom stereocenters. The molecule has 0 unspecified atom stereocenters.